The zero-order valence-corrected chi connectivity index (χ0v) is 11.7. The van der Waals surface area contributed by atoms with Crippen LogP contribution in [0.25, 0.3) is 10.8 Å². The van der Waals surface area contributed by atoms with Gasteiger partial charge in [0.25, 0.3) is 0 Å². The van der Waals surface area contributed by atoms with Crippen LogP contribution in [0, 0.1) is 11.3 Å². The number of nitriles is 1. The van der Waals surface area contributed by atoms with Crippen molar-refractivity contribution in [2.45, 2.75) is 6.42 Å². The van der Waals surface area contributed by atoms with Gasteiger partial charge in [0.2, 0.25) is 0 Å². The summed E-state index contributed by atoms with van der Waals surface area (Å²) >= 11 is 3.50. The van der Waals surface area contributed by atoms with E-state index in [2.05, 4.69) is 22.0 Å². The molecular formula is C14H12BrNO2. The molecule has 0 heterocycles. The molecule has 0 unspecified atom stereocenters. The summed E-state index contributed by atoms with van der Waals surface area (Å²) in [5.74, 6) is 1.46. The van der Waals surface area contributed by atoms with Gasteiger partial charge in [0.05, 0.1) is 31.2 Å². The molecule has 0 aliphatic carbocycles. The van der Waals surface area contributed by atoms with E-state index >= 15 is 0 Å². The molecule has 0 bridgehead atoms. The molecule has 2 aromatic rings. The quantitative estimate of drug-likeness (QED) is 0.868. The Hall–Kier alpha value is -1.73. The molecule has 0 N–H and O–H groups in total. The lowest BCUT2D eigenvalue weighted by molar-refractivity contribution is 0.405. The van der Waals surface area contributed by atoms with Crippen LogP contribution in [-0.4, -0.2) is 14.2 Å². The molecule has 0 fully saturated rings. The number of fused-ring (bicyclic) bond motifs is 1. The van der Waals surface area contributed by atoms with E-state index in [-0.39, 0.29) is 6.42 Å². The Kier molecular flexibility index (Phi) is 3.73. The van der Waals surface area contributed by atoms with Crippen molar-refractivity contribution in [1.82, 2.24) is 0 Å². The van der Waals surface area contributed by atoms with Gasteiger partial charge in [-0.15, -0.1) is 0 Å². The van der Waals surface area contributed by atoms with Gasteiger partial charge in [-0.1, -0.05) is 24.3 Å². The van der Waals surface area contributed by atoms with E-state index in [0.717, 1.165) is 32.3 Å². The molecule has 0 radical (unpaired) electrons. The van der Waals surface area contributed by atoms with E-state index in [1.54, 1.807) is 14.2 Å². The fourth-order valence-electron chi connectivity index (χ4n) is 2.07. The third-order valence-electron chi connectivity index (χ3n) is 2.82. The van der Waals surface area contributed by atoms with Gasteiger partial charge >= 0.3 is 0 Å². The summed E-state index contributed by atoms with van der Waals surface area (Å²) in [6, 6.07) is 9.97. The number of methoxy groups -OCH3 is 2. The number of halogens is 1. The average Bonchev–Trinajstić information content (AvgIpc) is 2.40. The highest BCUT2D eigenvalue weighted by atomic mass is 79.9. The second kappa shape index (κ2) is 5.28. The SMILES string of the molecule is COc1c(Br)c(CC#N)c(OC)c2ccccc12. The summed E-state index contributed by atoms with van der Waals surface area (Å²) in [7, 11) is 3.23. The van der Waals surface area contributed by atoms with Crippen molar-refractivity contribution in [3.8, 4) is 17.6 Å². The van der Waals surface area contributed by atoms with Gasteiger partial charge in [-0.05, 0) is 15.9 Å². The predicted octanol–water partition coefficient (Wildman–Crippen LogP) is 3.69. The number of hydrogen-bond donors (Lipinski definition) is 0. The van der Waals surface area contributed by atoms with Crippen molar-refractivity contribution in [2.75, 3.05) is 14.2 Å². The van der Waals surface area contributed by atoms with Crippen LogP contribution in [0.5, 0.6) is 11.5 Å². The Morgan fingerprint density at radius 2 is 1.67 bits per heavy atom. The van der Waals surface area contributed by atoms with E-state index in [4.69, 9.17) is 14.7 Å². The highest BCUT2D eigenvalue weighted by Gasteiger charge is 2.18. The van der Waals surface area contributed by atoms with Crippen molar-refractivity contribution in [3.63, 3.8) is 0 Å². The molecule has 0 saturated carbocycles. The van der Waals surface area contributed by atoms with Gasteiger partial charge < -0.3 is 9.47 Å². The maximum atomic E-state index is 8.93. The van der Waals surface area contributed by atoms with Crippen LogP contribution in [0.15, 0.2) is 28.7 Å². The minimum Gasteiger partial charge on any atom is -0.496 e. The largest absolute Gasteiger partial charge is 0.496 e. The van der Waals surface area contributed by atoms with E-state index in [1.807, 2.05) is 24.3 Å². The molecule has 2 rings (SSSR count). The molecule has 92 valence electrons. The van der Waals surface area contributed by atoms with Crippen molar-refractivity contribution in [2.24, 2.45) is 0 Å². The highest BCUT2D eigenvalue weighted by Crippen LogP contribution is 2.43. The normalized spacial score (nSPS) is 10.1. The zero-order chi connectivity index (χ0) is 13.1. The standard InChI is InChI=1S/C14H12BrNO2/c1-17-13-9-5-3-4-6-10(9)14(18-2)12(15)11(13)7-8-16/h3-6H,7H2,1-2H3. The highest BCUT2D eigenvalue weighted by molar-refractivity contribution is 9.10. The molecule has 0 atom stereocenters. The Balaban J connectivity index is 2.91. The lowest BCUT2D eigenvalue weighted by Crippen LogP contribution is -1.98. The van der Waals surface area contributed by atoms with Crippen LogP contribution in [0.3, 0.4) is 0 Å². The average molecular weight is 306 g/mol. The van der Waals surface area contributed by atoms with Gasteiger partial charge in [-0.2, -0.15) is 5.26 Å². The molecule has 0 aromatic heterocycles. The first-order chi connectivity index (χ1) is 8.74. The number of nitrogens with zero attached hydrogens (tertiary/aromatic N) is 1. The second-order valence-electron chi connectivity index (χ2n) is 3.74. The lowest BCUT2D eigenvalue weighted by Gasteiger charge is -2.16. The van der Waals surface area contributed by atoms with E-state index < -0.39 is 0 Å². The van der Waals surface area contributed by atoms with Crippen molar-refractivity contribution >= 4 is 26.7 Å². The second-order valence-corrected chi connectivity index (χ2v) is 4.53. The fraction of sp³-hybridized carbons (Fsp3) is 0.214. The van der Waals surface area contributed by atoms with E-state index in [0.29, 0.717) is 0 Å². The van der Waals surface area contributed by atoms with Crippen molar-refractivity contribution < 1.29 is 9.47 Å². The first-order valence-electron chi connectivity index (χ1n) is 5.42. The molecule has 0 amide bonds. The molecule has 2 aromatic carbocycles. The Morgan fingerprint density at radius 1 is 1.11 bits per heavy atom. The van der Waals surface area contributed by atoms with Crippen LogP contribution in [-0.2, 0) is 6.42 Å². The van der Waals surface area contributed by atoms with Crippen LogP contribution in [0.1, 0.15) is 5.56 Å². The smallest absolute Gasteiger partial charge is 0.141 e. The van der Waals surface area contributed by atoms with Gasteiger partial charge in [0.15, 0.2) is 0 Å². The summed E-state index contributed by atoms with van der Waals surface area (Å²) in [6.45, 7) is 0. The number of benzene rings is 2. The number of hydrogen-bond acceptors (Lipinski definition) is 3. The molecule has 3 nitrogen and oxygen atoms in total. The molecule has 4 heteroatoms. The molecule has 0 spiro atoms. The Bertz CT molecular complexity index is 632. The first kappa shape index (κ1) is 12.7. The molecule has 18 heavy (non-hydrogen) atoms. The van der Waals surface area contributed by atoms with Crippen molar-refractivity contribution in [3.05, 3.63) is 34.3 Å². The molecular weight excluding hydrogens is 294 g/mol. The van der Waals surface area contributed by atoms with Gasteiger partial charge in [-0.25, -0.2) is 0 Å². The van der Waals surface area contributed by atoms with Gasteiger partial charge in [0.1, 0.15) is 11.5 Å². The summed E-state index contributed by atoms with van der Waals surface area (Å²) < 4.78 is 11.7. The van der Waals surface area contributed by atoms with Crippen LogP contribution < -0.4 is 9.47 Å². The summed E-state index contributed by atoms with van der Waals surface area (Å²) in [4.78, 5) is 0. The van der Waals surface area contributed by atoms with Crippen molar-refractivity contribution in [1.29, 1.82) is 5.26 Å². The third kappa shape index (κ3) is 1.91. The van der Waals surface area contributed by atoms with Gasteiger partial charge in [0, 0.05) is 16.3 Å². The van der Waals surface area contributed by atoms with Gasteiger partial charge in [-0.3, -0.25) is 0 Å². The topological polar surface area (TPSA) is 42.2 Å². The number of rotatable bonds is 3. The van der Waals surface area contributed by atoms with E-state index in [1.165, 1.54) is 0 Å². The monoisotopic (exact) mass is 305 g/mol. The fourth-order valence-corrected chi connectivity index (χ4v) is 2.76. The predicted molar refractivity (Wildman–Crippen MR) is 74.1 cm³/mol. The first-order valence-corrected chi connectivity index (χ1v) is 6.21. The van der Waals surface area contributed by atoms with Crippen LogP contribution in [0.4, 0.5) is 0 Å². The number of ether oxygens (including phenoxy) is 2. The summed E-state index contributed by atoms with van der Waals surface area (Å²) in [5, 5.41) is 10.8. The maximum Gasteiger partial charge on any atom is 0.141 e. The minimum absolute atomic E-state index is 0.269. The molecule has 0 saturated heterocycles. The Morgan fingerprint density at radius 3 is 2.17 bits per heavy atom. The van der Waals surface area contributed by atoms with Crippen LogP contribution in [0.2, 0.25) is 0 Å². The summed E-state index contributed by atoms with van der Waals surface area (Å²) in [5.41, 5.74) is 0.815. The molecule has 0 aliphatic rings. The molecule has 0 aliphatic heterocycles. The van der Waals surface area contributed by atoms with Crippen LogP contribution >= 0.6 is 15.9 Å². The Labute approximate surface area is 114 Å². The maximum absolute atomic E-state index is 8.93. The minimum atomic E-state index is 0.269. The lowest BCUT2D eigenvalue weighted by atomic mass is 10.0. The zero-order valence-electron chi connectivity index (χ0n) is 10.2. The van der Waals surface area contributed by atoms with E-state index in [9.17, 15) is 0 Å². The summed E-state index contributed by atoms with van der Waals surface area (Å²) in [6.07, 6.45) is 0.269. The third-order valence-corrected chi connectivity index (χ3v) is 3.66.